The van der Waals surface area contributed by atoms with Crippen LogP contribution >= 0.6 is 0 Å². The van der Waals surface area contributed by atoms with E-state index in [0.29, 0.717) is 32.7 Å². The lowest BCUT2D eigenvalue weighted by Crippen LogP contribution is -2.32. The second-order valence-electron chi connectivity index (χ2n) is 4.64. The molecule has 0 bridgehead atoms. The van der Waals surface area contributed by atoms with E-state index in [1.165, 1.54) is 0 Å². The molecule has 0 aliphatic carbocycles. The number of ether oxygens (including phenoxy) is 4. The highest BCUT2D eigenvalue weighted by Gasteiger charge is 2.29. The largest absolute Gasteiger partial charge is 0.378 e. The van der Waals surface area contributed by atoms with Crippen LogP contribution in [0.25, 0.3) is 0 Å². The molecule has 1 atom stereocenters. The summed E-state index contributed by atoms with van der Waals surface area (Å²) in [5.41, 5.74) is 0.117. The molecular formula is C13H26O4. The van der Waals surface area contributed by atoms with E-state index in [1.807, 2.05) is 6.92 Å². The van der Waals surface area contributed by atoms with Gasteiger partial charge in [-0.15, -0.1) is 0 Å². The Bertz CT molecular complexity index is 188. The molecule has 0 radical (unpaired) electrons. The molecule has 1 fully saturated rings. The minimum Gasteiger partial charge on any atom is -0.378 e. The second kappa shape index (κ2) is 8.03. The zero-order valence-corrected chi connectivity index (χ0v) is 11.4. The van der Waals surface area contributed by atoms with Crippen LogP contribution in [-0.4, -0.2) is 45.9 Å². The van der Waals surface area contributed by atoms with Crippen molar-refractivity contribution in [1.82, 2.24) is 0 Å². The molecule has 0 aromatic heterocycles. The van der Waals surface area contributed by atoms with Gasteiger partial charge in [0.05, 0.1) is 26.4 Å². The summed E-state index contributed by atoms with van der Waals surface area (Å²) in [6, 6.07) is 0. The highest BCUT2D eigenvalue weighted by molar-refractivity contribution is 4.77. The monoisotopic (exact) mass is 246 g/mol. The van der Waals surface area contributed by atoms with Gasteiger partial charge in [0.25, 0.3) is 0 Å². The fourth-order valence-corrected chi connectivity index (χ4v) is 1.67. The summed E-state index contributed by atoms with van der Waals surface area (Å²) in [6.45, 7) is 10.4. The topological polar surface area (TPSA) is 40.2 Å². The van der Waals surface area contributed by atoms with Gasteiger partial charge in [0.2, 0.25) is 0 Å². The maximum atomic E-state index is 5.72. The molecular weight excluding hydrogens is 220 g/mol. The van der Waals surface area contributed by atoms with Crippen molar-refractivity contribution < 1.29 is 18.9 Å². The smallest absolute Gasteiger partial charge is 0.146 e. The Morgan fingerprint density at radius 3 is 2.24 bits per heavy atom. The molecule has 1 heterocycles. The Morgan fingerprint density at radius 2 is 1.71 bits per heavy atom. The van der Waals surface area contributed by atoms with Crippen molar-refractivity contribution in [3.05, 3.63) is 0 Å². The molecule has 0 saturated carbocycles. The maximum Gasteiger partial charge on any atom is 0.146 e. The van der Waals surface area contributed by atoms with E-state index in [4.69, 9.17) is 18.9 Å². The average molecular weight is 246 g/mol. The molecule has 1 saturated heterocycles. The molecule has 1 rings (SSSR count). The lowest BCUT2D eigenvalue weighted by atomic mass is 9.84. The Balaban J connectivity index is 2.20. The van der Waals surface area contributed by atoms with Crippen LogP contribution in [0, 0.1) is 5.41 Å². The SMILES string of the molecule is CCOCOCC(CC)(CC)COCC1CO1. The van der Waals surface area contributed by atoms with Gasteiger partial charge in [-0.2, -0.15) is 0 Å². The first-order valence-electron chi connectivity index (χ1n) is 6.61. The van der Waals surface area contributed by atoms with E-state index in [0.717, 1.165) is 26.1 Å². The fraction of sp³-hybridized carbons (Fsp3) is 1.00. The van der Waals surface area contributed by atoms with E-state index < -0.39 is 0 Å². The molecule has 0 amide bonds. The van der Waals surface area contributed by atoms with Crippen molar-refractivity contribution in [3.8, 4) is 0 Å². The predicted octanol–water partition coefficient (Wildman–Crippen LogP) is 2.22. The van der Waals surface area contributed by atoms with E-state index in [1.54, 1.807) is 0 Å². The van der Waals surface area contributed by atoms with Crippen molar-refractivity contribution >= 4 is 0 Å². The van der Waals surface area contributed by atoms with Crippen LogP contribution in [0.3, 0.4) is 0 Å². The first kappa shape index (κ1) is 14.9. The zero-order chi connectivity index (χ0) is 12.6. The fourth-order valence-electron chi connectivity index (χ4n) is 1.67. The van der Waals surface area contributed by atoms with Crippen LogP contribution in [0.15, 0.2) is 0 Å². The predicted molar refractivity (Wildman–Crippen MR) is 66.0 cm³/mol. The summed E-state index contributed by atoms with van der Waals surface area (Å²) < 4.78 is 21.6. The van der Waals surface area contributed by atoms with Gasteiger partial charge in [-0.25, -0.2) is 0 Å². The first-order chi connectivity index (χ1) is 8.26. The molecule has 0 spiro atoms. The summed E-state index contributed by atoms with van der Waals surface area (Å²) in [7, 11) is 0. The molecule has 0 aromatic rings. The van der Waals surface area contributed by atoms with Gasteiger partial charge < -0.3 is 18.9 Å². The Morgan fingerprint density at radius 1 is 1.06 bits per heavy atom. The van der Waals surface area contributed by atoms with Gasteiger partial charge in [-0.3, -0.25) is 0 Å². The summed E-state index contributed by atoms with van der Waals surface area (Å²) in [4.78, 5) is 0. The van der Waals surface area contributed by atoms with Crippen molar-refractivity contribution in [1.29, 1.82) is 0 Å². The third-order valence-electron chi connectivity index (χ3n) is 3.39. The second-order valence-corrected chi connectivity index (χ2v) is 4.64. The zero-order valence-electron chi connectivity index (χ0n) is 11.4. The molecule has 1 aliphatic heterocycles. The standard InChI is InChI=1S/C13H26O4/c1-4-13(5-2,10-16-11-14-6-3)9-15-7-12-8-17-12/h12H,4-11H2,1-3H3. The summed E-state index contributed by atoms with van der Waals surface area (Å²) >= 11 is 0. The highest BCUT2D eigenvalue weighted by Crippen LogP contribution is 2.27. The molecule has 1 unspecified atom stereocenters. The van der Waals surface area contributed by atoms with Crippen LogP contribution < -0.4 is 0 Å². The lowest BCUT2D eigenvalue weighted by molar-refractivity contribution is -0.0982. The van der Waals surface area contributed by atoms with E-state index >= 15 is 0 Å². The van der Waals surface area contributed by atoms with Crippen LogP contribution in [0.2, 0.25) is 0 Å². The summed E-state index contributed by atoms with van der Waals surface area (Å²) in [6.07, 6.45) is 2.45. The first-order valence-corrected chi connectivity index (χ1v) is 6.61. The lowest BCUT2D eigenvalue weighted by Gasteiger charge is -2.31. The normalized spacial score (nSPS) is 19.6. The highest BCUT2D eigenvalue weighted by atomic mass is 16.7. The van der Waals surface area contributed by atoms with Gasteiger partial charge >= 0.3 is 0 Å². The molecule has 1 aliphatic rings. The Hall–Kier alpha value is -0.160. The summed E-state index contributed by atoms with van der Waals surface area (Å²) in [5, 5.41) is 0. The van der Waals surface area contributed by atoms with Crippen LogP contribution in [-0.2, 0) is 18.9 Å². The number of rotatable bonds is 11. The van der Waals surface area contributed by atoms with E-state index in [9.17, 15) is 0 Å². The van der Waals surface area contributed by atoms with E-state index in [-0.39, 0.29) is 5.41 Å². The maximum absolute atomic E-state index is 5.72. The Labute approximate surface area is 105 Å². The Kier molecular flexibility index (Phi) is 7.04. The van der Waals surface area contributed by atoms with Crippen LogP contribution in [0.1, 0.15) is 33.6 Å². The number of hydrogen-bond acceptors (Lipinski definition) is 4. The molecule has 102 valence electrons. The minimum absolute atomic E-state index is 0.117. The van der Waals surface area contributed by atoms with Gasteiger partial charge in [-0.05, 0) is 19.8 Å². The third-order valence-corrected chi connectivity index (χ3v) is 3.39. The van der Waals surface area contributed by atoms with Gasteiger partial charge in [0.1, 0.15) is 12.9 Å². The van der Waals surface area contributed by atoms with Gasteiger partial charge in [0, 0.05) is 12.0 Å². The van der Waals surface area contributed by atoms with Crippen molar-refractivity contribution in [2.45, 2.75) is 39.7 Å². The molecule has 0 N–H and O–H groups in total. The molecule has 17 heavy (non-hydrogen) atoms. The van der Waals surface area contributed by atoms with Crippen molar-refractivity contribution in [2.24, 2.45) is 5.41 Å². The molecule has 4 heteroatoms. The van der Waals surface area contributed by atoms with Crippen molar-refractivity contribution in [3.63, 3.8) is 0 Å². The van der Waals surface area contributed by atoms with Crippen LogP contribution in [0.4, 0.5) is 0 Å². The van der Waals surface area contributed by atoms with Crippen molar-refractivity contribution in [2.75, 3.05) is 39.8 Å². The molecule has 0 aromatic carbocycles. The number of hydrogen-bond donors (Lipinski definition) is 0. The summed E-state index contributed by atoms with van der Waals surface area (Å²) in [5.74, 6) is 0. The number of epoxide rings is 1. The molecule has 4 nitrogen and oxygen atoms in total. The quantitative estimate of drug-likeness (QED) is 0.318. The van der Waals surface area contributed by atoms with Crippen LogP contribution in [0.5, 0.6) is 0 Å². The van der Waals surface area contributed by atoms with E-state index in [2.05, 4.69) is 13.8 Å². The van der Waals surface area contributed by atoms with Gasteiger partial charge in [-0.1, -0.05) is 13.8 Å². The average Bonchev–Trinajstić information content (AvgIpc) is 3.17. The third kappa shape index (κ3) is 5.82. The van der Waals surface area contributed by atoms with Gasteiger partial charge in [0.15, 0.2) is 0 Å². The minimum atomic E-state index is 0.117.